The van der Waals surface area contributed by atoms with Gasteiger partial charge in [-0.3, -0.25) is 4.99 Å². The molecule has 2 aromatic rings. The number of methoxy groups -OCH3 is 1. The predicted octanol–water partition coefficient (Wildman–Crippen LogP) is 6.12. The second-order valence-corrected chi connectivity index (χ2v) is 8.70. The number of rotatable bonds is 5. The number of anilines is 1. The first-order valence-corrected chi connectivity index (χ1v) is 10.7. The van der Waals surface area contributed by atoms with Gasteiger partial charge in [0.15, 0.2) is 0 Å². The van der Waals surface area contributed by atoms with Crippen molar-refractivity contribution in [1.29, 1.82) is 0 Å². The standard InChI is InChI=1S/C24H29ClN2O/c1-28-14-11-18-9-12-24(13-10-18)16-20-6-2-3-8-22(20)27-23(24)26-17-19-5-4-7-21(25)15-19/h2-8,15,18H,9-14,16-17H2,1H3,(H,26,27). The first kappa shape index (κ1) is 19.5. The smallest absolute Gasteiger partial charge is 0.108 e. The molecule has 4 heteroatoms. The lowest BCUT2D eigenvalue weighted by Crippen LogP contribution is -2.44. The largest absolute Gasteiger partial charge is 0.385 e. The van der Waals surface area contributed by atoms with Gasteiger partial charge in [-0.2, -0.15) is 0 Å². The van der Waals surface area contributed by atoms with Gasteiger partial charge in [-0.1, -0.05) is 41.9 Å². The number of aliphatic imine (C=N–C) groups is 1. The maximum Gasteiger partial charge on any atom is 0.108 e. The molecule has 1 heterocycles. The molecule has 1 spiro atoms. The fraction of sp³-hybridized carbons (Fsp3) is 0.458. The van der Waals surface area contributed by atoms with Crippen LogP contribution < -0.4 is 5.32 Å². The van der Waals surface area contributed by atoms with E-state index in [1.165, 1.54) is 43.4 Å². The predicted molar refractivity (Wildman–Crippen MR) is 117 cm³/mol. The lowest BCUT2D eigenvalue weighted by atomic mass is 9.64. The average Bonchev–Trinajstić information content (AvgIpc) is 2.72. The van der Waals surface area contributed by atoms with Crippen molar-refractivity contribution in [2.75, 3.05) is 19.0 Å². The quantitative estimate of drug-likeness (QED) is 0.660. The summed E-state index contributed by atoms with van der Waals surface area (Å²) in [5.41, 5.74) is 3.92. The molecule has 1 aliphatic carbocycles. The summed E-state index contributed by atoms with van der Waals surface area (Å²) in [7, 11) is 1.80. The van der Waals surface area contributed by atoms with E-state index in [1.807, 2.05) is 18.2 Å². The van der Waals surface area contributed by atoms with Gasteiger partial charge < -0.3 is 10.1 Å². The van der Waals surface area contributed by atoms with E-state index in [4.69, 9.17) is 21.3 Å². The van der Waals surface area contributed by atoms with E-state index in [-0.39, 0.29) is 5.41 Å². The molecule has 2 aliphatic rings. The molecule has 0 radical (unpaired) electrons. The Morgan fingerprint density at radius 1 is 1.14 bits per heavy atom. The summed E-state index contributed by atoms with van der Waals surface area (Å²) in [6.45, 7) is 1.54. The number of ether oxygens (including phenoxy) is 1. The second kappa shape index (κ2) is 8.67. The van der Waals surface area contributed by atoms with Gasteiger partial charge in [-0.25, -0.2) is 0 Å². The highest BCUT2D eigenvalue weighted by atomic mass is 35.5. The van der Waals surface area contributed by atoms with Crippen molar-refractivity contribution in [1.82, 2.24) is 0 Å². The van der Waals surface area contributed by atoms with Crippen LogP contribution in [0.25, 0.3) is 0 Å². The Bertz CT molecular complexity index is 840. The molecular weight excluding hydrogens is 368 g/mol. The molecule has 4 rings (SSSR count). The van der Waals surface area contributed by atoms with E-state index in [0.717, 1.165) is 35.4 Å². The zero-order valence-electron chi connectivity index (χ0n) is 16.6. The minimum atomic E-state index is 0.135. The summed E-state index contributed by atoms with van der Waals surface area (Å²) in [4.78, 5) is 5.08. The maximum atomic E-state index is 6.16. The molecule has 0 unspecified atom stereocenters. The first-order chi connectivity index (χ1) is 13.7. The van der Waals surface area contributed by atoms with E-state index in [2.05, 4.69) is 35.6 Å². The van der Waals surface area contributed by atoms with Crippen LogP contribution in [0.15, 0.2) is 53.5 Å². The fourth-order valence-electron chi connectivity index (χ4n) is 4.73. The molecule has 0 saturated heterocycles. The van der Waals surface area contributed by atoms with Gasteiger partial charge in [-0.15, -0.1) is 0 Å². The molecule has 0 atom stereocenters. The highest BCUT2D eigenvalue weighted by Gasteiger charge is 2.42. The Morgan fingerprint density at radius 3 is 2.75 bits per heavy atom. The molecule has 1 aliphatic heterocycles. The van der Waals surface area contributed by atoms with Crippen LogP contribution in [0.3, 0.4) is 0 Å². The highest BCUT2D eigenvalue weighted by Crippen LogP contribution is 2.47. The summed E-state index contributed by atoms with van der Waals surface area (Å²) in [5.74, 6) is 1.94. The highest BCUT2D eigenvalue weighted by molar-refractivity contribution is 6.30. The minimum absolute atomic E-state index is 0.135. The van der Waals surface area contributed by atoms with Gasteiger partial charge in [0.1, 0.15) is 5.84 Å². The average molecular weight is 397 g/mol. The Balaban J connectivity index is 1.57. The van der Waals surface area contributed by atoms with Gasteiger partial charge in [0, 0.05) is 29.8 Å². The van der Waals surface area contributed by atoms with Crippen molar-refractivity contribution in [2.24, 2.45) is 16.3 Å². The van der Waals surface area contributed by atoms with Gasteiger partial charge in [0.2, 0.25) is 0 Å². The van der Waals surface area contributed by atoms with Gasteiger partial charge in [-0.05, 0) is 73.8 Å². The van der Waals surface area contributed by atoms with Crippen molar-refractivity contribution in [3.63, 3.8) is 0 Å². The SMILES string of the molecule is COCCC1CCC2(CC1)Cc1ccccc1NC2=NCc1cccc(Cl)c1. The molecule has 2 aromatic carbocycles. The molecule has 0 amide bonds. The first-order valence-electron chi connectivity index (χ1n) is 10.3. The van der Waals surface area contributed by atoms with Crippen molar-refractivity contribution in [3.05, 3.63) is 64.7 Å². The normalized spacial score (nSPS) is 25.5. The lowest BCUT2D eigenvalue weighted by Gasteiger charge is -2.44. The number of benzene rings is 2. The molecule has 1 fully saturated rings. The number of nitrogens with zero attached hydrogens (tertiary/aromatic N) is 1. The third kappa shape index (κ3) is 4.26. The Morgan fingerprint density at radius 2 is 1.96 bits per heavy atom. The zero-order chi connectivity index (χ0) is 19.4. The van der Waals surface area contributed by atoms with Gasteiger partial charge in [0.05, 0.1) is 6.54 Å². The molecule has 0 bridgehead atoms. The molecule has 148 valence electrons. The van der Waals surface area contributed by atoms with E-state index in [9.17, 15) is 0 Å². The fourth-order valence-corrected chi connectivity index (χ4v) is 4.95. The summed E-state index contributed by atoms with van der Waals surface area (Å²) < 4.78 is 5.30. The van der Waals surface area contributed by atoms with E-state index in [0.29, 0.717) is 6.54 Å². The molecular formula is C24H29ClN2O. The third-order valence-electron chi connectivity index (χ3n) is 6.40. The van der Waals surface area contributed by atoms with Crippen LogP contribution in [0.1, 0.15) is 43.2 Å². The molecule has 0 aromatic heterocycles. The topological polar surface area (TPSA) is 33.6 Å². The van der Waals surface area contributed by atoms with E-state index in [1.54, 1.807) is 7.11 Å². The van der Waals surface area contributed by atoms with Crippen molar-refractivity contribution in [2.45, 2.75) is 45.1 Å². The van der Waals surface area contributed by atoms with Crippen molar-refractivity contribution in [3.8, 4) is 0 Å². The minimum Gasteiger partial charge on any atom is -0.385 e. The van der Waals surface area contributed by atoms with Crippen LogP contribution in [-0.2, 0) is 17.7 Å². The second-order valence-electron chi connectivity index (χ2n) is 8.26. The molecule has 3 nitrogen and oxygen atoms in total. The monoisotopic (exact) mass is 396 g/mol. The van der Waals surface area contributed by atoms with E-state index < -0.39 is 0 Å². The number of halogens is 1. The number of fused-ring (bicyclic) bond motifs is 1. The van der Waals surface area contributed by atoms with Crippen molar-refractivity contribution >= 4 is 23.1 Å². The zero-order valence-corrected chi connectivity index (χ0v) is 17.3. The lowest BCUT2D eigenvalue weighted by molar-refractivity contribution is 0.145. The Labute approximate surface area is 173 Å². The van der Waals surface area contributed by atoms with E-state index >= 15 is 0 Å². The van der Waals surface area contributed by atoms with Crippen LogP contribution >= 0.6 is 11.6 Å². The Kier molecular flexibility index (Phi) is 6.03. The number of nitrogens with one attached hydrogen (secondary N) is 1. The number of hydrogen-bond donors (Lipinski definition) is 1. The summed E-state index contributed by atoms with van der Waals surface area (Å²) in [6.07, 6.45) is 7.15. The van der Waals surface area contributed by atoms with Crippen LogP contribution in [0.4, 0.5) is 5.69 Å². The van der Waals surface area contributed by atoms with Gasteiger partial charge in [0.25, 0.3) is 0 Å². The number of para-hydroxylation sites is 1. The maximum absolute atomic E-state index is 6.16. The summed E-state index contributed by atoms with van der Waals surface area (Å²) in [5, 5.41) is 4.46. The van der Waals surface area contributed by atoms with Crippen molar-refractivity contribution < 1.29 is 4.74 Å². The number of hydrogen-bond acceptors (Lipinski definition) is 2. The molecule has 1 N–H and O–H groups in total. The Hall–Kier alpha value is -1.84. The number of amidine groups is 1. The van der Waals surface area contributed by atoms with Gasteiger partial charge >= 0.3 is 0 Å². The summed E-state index contributed by atoms with van der Waals surface area (Å²) in [6, 6.07) is 16.7. The molecule has 28 heavy (non-hydrogen) atoms. The van der Waals surface area contributed by atoms with Crippen LogP contribution in [-0.4, -0.2) is 19.6 Å². The van der Waals surface area contributed by atoms with Crippen LogP contribution in [0, 0.1) is 11.3 Å². The molecule has 1 saturated carbocycles. The van der Waals surface area contributed by atoms with Crippen LogP contribution in [0.2, 0.25) is 5.02 Å². The third-order valence-corrected chi connectivity index (χ3v) is 6.64. The van der Waals surface area contributed by atoms with Crippen LogP contribution in [0.5, 0.6) is 0 Å². The summed E-state index contributed by atoms with van der Waals surface area (Å²) >= 11 is 6.16.